The SMILES string of the molecule is CCC[C@H](NC(=O)C1(NC(=O)N2CCN(C(=O)C(C)C)CC2)CCCCC1)C(=O)C(=O)NC1CCCC1. The predicted octanol–water partition coefficient (Wildman–Crippen LogP) is 2.11. The van der Waals surface area contributed by atoms with Crippen LogP contribution in [-0.2, 0) is 19.2 Å². The normalized spacial score (nSPS) is 20.9. The Morgan fingerprint density at radius 1 is 0.865 bits per heavy atom. The number of carbonyl (C=O) groups is 5. The van der Waals surface area contributed by atoms with Crippen molar-refractivity contribution in [2.24, 2.45) is 5.92 Å². The molecule has 3 N–H and O–H groups in total. The fraction of sp³-hybridized carbons (Fsp3) is 0.815. The second-order valence-electron chi connectivity index (χ2n) is 11.2. The van der Waals surface area contributed by atoms with Crippen molar-refractivity contribution in [1.82, 2.24) is 25.8 Å². The number of hydrogen-bond acceptors (Lipinski definition) is 5. The summed E-state index contributed by atoms with van der Waals surface area (Å²) < 4.78 is 0. The molecule has 3 fully saturated rings. The van der Waals surface area contributed by atoms with Crippen LogP contribution in [0, 0.1) is 5.92 Å². The van der Waals surface area contributed by atoms with Crippen LogP contribution in [0.2, 0.25) is 0 Å². The van der Waals surface area contributed by atoms with E-state index in [1.165, 1.54) is 0 Å². The average Bonchev–Trinajstić information content (AvgIpc) is 3.41. The second-order valence-corrected chi connectivity index (χ2v) is 11.2. The average molecular weight is 520 g/mol. The highest BCUT2D eigenvalue weighted by molar-refractivity contribution is 6.38. The van der Waals surface area contributed by atoms with Gasteiger partial charge in [-0.15, -0.1) is 0 Å². The van der Waals surface area contributed by atoms with Gasteiger partial charge in [0.2, 0.25) is 17.6 Å². The Morgan fingerprint density at radius 3 is 2.03 bits per heavy atom. The zero-order valence-corrected chi connectivity index (χ0v) is 22.8. The molecule has 2 aliphatic carbocycles. The molecule has 3 aliphatic rings. The molecular formula is C27H45N5O5. The fourth-order valence-corrected chi connectivity index (χ4v) is 5.68. The lowest BCUT2D eigenvalue weighted by Gasteiger charge is -2.41. The highest BCUT2D eigenvalue weighted by Crippen LogP contribution is 2.29. The summed E-state index contributed by atoms with van der Waals surface area (Å²) in [7, 11) is 0. The Morgan fingerprint density at radius 2 is 1.46 bits per heavy atom. The van der Waals surface area contributed by atoms with Gasteiger partial charge >= 0.3 is 6.03 Å². The van der Waals surface area contributed by atoms with Crippen LogP contribution in [0.1, 0.15) is 91.4 Å². The van der Waals surface area contributed by atoms with Crippen LogP contribution in [0.4, 0.5) is 4.79 Å². The first-order valence-electron chi connectivity index (χ1n) is 14.2. The van der Waals surface area contributed by atoms with Crippen molar-refractivity contribution in [3.05, 3.63) is 0 Å². The van der Waals surface area contributed by atoms with Gasteiger partial charge in [-0.3, -0.25) is 19.2 Å². The largest absolute Gasteiger partial charge is 0.347 e. The molecule has 0 aromatic heterocycles. The third-order valence-electron chi connectivity index (χ3n) is 7.97. The van der Waals surface area contributed by atoms with Gasteiger partial charge in [-0.05, 0) is 32.1 Å². The quantitative estimate of drug-likeness (QED) is 0.402. The van der Waals surface area contributed by atoms with E-state index in [4.69, 9.17) is 0 Å². The number of rotatable bonds is 9. The van der Waals surface area contributed by atoms with Gasteiger partial charge in [0.15, 0.2) is 0 Å². The van der Waals surface area contributed by atoms with Crippen molar-refractivity contribution in [3.8, 4) is 0 Å². The van der Waals surface area contributed by atoms with Gasteiger partial charge in [0.05, 0.1) is 6.04 Å². The highest BCUT2D eigenvalue weighted by atomic mass is 16.2. The van der Waals surface area contributed by atoms with E-state index in [2.05, 4.69) is 16.0 Å². The molecule has 0 unspecified atom stereocenters. The third kappa shape index (κ3) is 7.45. The molecule has 1 heterocycles. The Bertz CT molecular complexity index is 840. The Balaban J connectivity index is 1.64. The van der Waals surface area contributed by atoms with Gasteiger partial charge in [0, 0.05) is 38.1 Å². The summed E-state index contributed by atoms with van der Waals surface area (Å²) in [6.07, 6.45) is 8.34. The summed E-state index contributed by atoms with van der Waals surface area (Å²) in [5.41, 5.74) is -1.12. The number of urea groups is 1. The molecular weight excluding hydrogens is 474 g/mol. The summed E-state index contributed by atoms with van der Waals surface area (Å²) in [5, 5.41) is 8.67. The predicted molar refractivity (Wildman–Crippen MR) is 140 cm³/mol. The van der Waals surface area contributed by atoms with Crippen molar-refractivity contribution in [2.45, 2.75) is 109 Å². The molecule has 2 saturated carbocycles. The van der Waals surface area contributed by atoms with Gasteiger partial charge < -0.3 is 25.8 Å². The molecule has 0 aromatic carbocycles. The smallest absolute Gasteiger partial charge is 0.318 e. The number of piperazine rings is 1. The Hall–Kier alpha value is -2.65. The van der Waals surface area contributed by atoms with Crippen molar-refractivity contribution in [1.29, 1.82) is 0 Å². The number of carbonyl (C=O) groups excluding carboxylic acids is 5. The van der Waals surface area contributed by atoms with Crippen molar-refractivity contribution in [3.63, 3.8) is 0 Å². The molecule has 37 heavy (non-hydrogen) atoms. The van der Waals surface area contributed by atoms with E-state index in [1.807, 2.05) is 20.8 Å². The molecule has 1 saturated heterocycles. The number of ketones is 1. The van der Waals surface area contributed by atoms with E-state index in [0.717, 1.165) is 44.9 Å². The van der Waals surface area contributed by atoms with Crippen LogP contribution < -0.4 is 16.0 Å². The lowest BCUT2D eigenvalue weighted by molar-refractivity contribution is -0.141. The van der Waals surface area contributed by atoms with E-state index in [1.54, 1.807) is 9.80 Å². The molecule has 10 heteroatoms. The molecule has 208 valence electrons. The minimum Gasteiger partial charge on any atom is -0.347 e. The number of amides is 5. The Kier molecular flexibility index (Phi) is 10.3. The van der Waals surface area contributed by atoms with E-state index < -0.39 is 29.2 Å². The van der Waals surface area contributed by atoms with Crippen molar-refractivity contribution in [2.75, 3.05) is 26.2 Å². The Labute approximate surface area is 220 Å². The standard InChI is InChI=1S/C27H45N5O5/c1-4-10-21(22(33)23(34)28-20-11-6-7-12-20)29-25(36)27(13-8-5-9-14-27)30-26(37)32-17-15-31(16-18-32)24(35)19(2)3/h19-21H,4-18H2,1-3H3,(H,28,34)(H,29,36)(H,30,37)/t21-/m0/s1. The van der Waals surface area contributed by atoms with Crippen LogP contribution in [0.5, 0.6) is 0 Å². The first kappa shape index (κ1) is 28.9. The number of nitrogens with zero attached hydrogens (tertiary/aromatic N) is 2. The molecule has 5 amide bonds. The fourth-order valence-electron chi connectivity index (χ4n) is 5.68. The minimum absolute atomic E-state index is 0.0229. The van der Waals surface area contributed by atoms with Crippen LogP contribution in [0.15, 0.2) is 0 Å². The first-order valence-corrected chi connectivity index (χ1v) is 14.2. The van der Waals surface area contributed by atoms with Gasteiger partial charge in [0.1, 0.15) is 5.54 Å². The highest BCUT2D eigenvalue weighted by Gasteiger charge is 2.44. The molecule has 0 aromatic rings. The lowest BCUT2D eigenvalue weighted by Crippen LogP contribution is -2.65. The van der Waals surface area contributed by atoms with Crippen molar-refractivity contribution >= 4 is 29.5 Å². The zero-order chi connectivity index (χ0) is 27.0. The topological polar surface area (TPSA) is 128 Å². The zero-order valence-electron chi connectivity index (χ0n) is 22.8. The molecule has 0 bridgehead atoms. The summed E-state index contributed by atoms with van der Waals surface area (Å²) in [4.78, 5) is 68.2. The third-order valence-corrected chi connectivity index (χ3v) is 7.97. The van der Waals surface area contributed by atoms with Gasteiger partial charge in [-0.25, -0.2) is 4.79 Å². The summed E-state index contributed by atoms with van der Waals surface area (Å²) >= 11 is 0. The van der Waals surface area contributed by atoms with Crippen LogP contribution in [0.25, 0.3) is 0 Å². The maximum absolute atomic E-state index is 13.6. The van der Waals surface area contributed by atoms with Gasteiger partial charge in [-0.2, -0.15) is 0 Å². The van der Waals surface area contributed by atoms with Gasteiger partial charge in [0.25, 0.3) is 5.91 Å². The molecule has 1 aliphatic heterocycles. The number of Topliss-reactive ketones (excluding diaryl/α,β-unsaturated/α-hetero) is 1. The van der Waals surface area contributed by atoms with Gasteiger partial charge in [-0.1, -0.05) is 59.3 Å². The lowest BCUT2D eigenvalue weighted by atomic mass is 9.80. The van der Waals surface area contributed by atoms with Crippen molar-refractivity contribution < 1.29 is 24.0 Å². The van der Waals surface area contributed by atoms with E-state index in [9.17, 15) is 24.0 Å². The molecule has 1 atom stereocenters. The first-order chi connectivity index (χ1) is 17.7. The number of nitrogens with one attached hydrogen (secondary N) is 3. The molecule has 10 nitrogen and oxygen atoms in total. The molecule has 0 radical (unpaired) electrons. The van der Waals surface area contributed by atoms with Crippen LogP contribution >= 0.6 is 0 Å². The van der Waals surface area contributed by atoms with E-state index in [-0.39, 0.29) is 23.9 Å². The summed E-state index contributed by atoms with van der Waals surface area (Å²) in [6.45, 7) is 7.37. The minimum atomic E-state index is -1.12. The van der Waals surface area contributed by atoms with Crippen LogP contribution in [-0.4, -0.2) is 83.1 Å². The summed E-state index contributed by atoms with van der Waals surface area (Å²) in [5.74, 6) is -1.67. The molecule has 3 rings (SSSR count). The van der Waals surface area contributed by atoms with Crippen LogP contribution in [0.3, 0.4) is 0 Å². The van der Waals surface area contributed by atoms with E-state index in [0.29, 0.717) is 51.9 Å². The van der Waals surface area contributed by atoms with E-state index >= 15 is 0 Å². The summed E-state index contributed by atoms with van der Waals surface area (Å²) in [6, 6.07) is -1.22. The maximum Gasteiger partial charge on any atom is 0.318 e. The number of hydrogen-bond donors (Lipinski definition) is 3. The maximum atomic E-state index is 13.6. The molecule has 0 spiro atoms. The second kappa shape index (κ2) is 13.2. The monoisotopic (exact) mass is 519 g/mol.